The van der Waals surface area contributed by atoms with Crippen molar-refractivity contribution in [3.63, 3.8) is 0 Å². The molecular formula is C19H33N5O2. The van der Waals surface area contributed by atoms with Crippen LogP contribution in [0.25, 0.3) is 0 Å². The van der Waals surface area contributed by atoms with Crippen molar-refractivity contribution in [2.75, 3.05) is 33.2 Å². The molecule has 1 unspecified atom stereocenters. The van der Waals surface area contributed by atoms with E-state index >= 15 is 0 Å². The third-order valence-electron chi connectivity index (χ3n) is 5.19. The summed E-state index contributed by atoms with van der Waals surface area (Å²) >= 11 is 0. The van der Waals surface area contributed by atoms with Crippen LogP contribution in [-0.4, -0.2) is 65.2 Å². The quantitative estimate of drug-likeness (QED) is 0.812. The summed E-state index contributed by atoms with van der Waals surface area (Å²) < 4.78 is 0. The normalized spacial score (nSPS) is 17.5. The maximum absolute atomic E-state index is 12.3. The summed E-state index contributed by atoms with van der Waals surface area (Å²) in [5.41, 5.74) is 3.24. The minimum absolute atomic E-state index is 0.0318. The van der Waals surface area contributed by atoms with E-state index in [4.69, 9.17) is 0 Å². The van der Waals surface area contributed by atoms with Gasteiger partial charge in [0.15, 0.2) is 0 Å². The molecule has 7 heteroatoms. The van der Waals surface area contributed by atoms with E-state index in [0.29, 0.717) is 19.0 Å². The summed E-state index contributed by atoms with van der Waals surface area (Å²) in [6, 6.07) is -0.0592. The predicted molar refractivity (Wildman–Crippen MR) is 102 cm³/mol. The fraction of sp³-hybridized carbons (Fsp3) is 0.737. The summed E-state index contributed by atoms with van der Waals surface area (Å²) in [7, 11) is 1.82. The predicted octanol–water partition coefficient (Wildman–Crippen LogP) is 2.11. The van der Waals surface area contributed by atoms with Gasteiger partial charge in [0.05, 0.1) is 5.69 Å². The molecule has 2 N–H and O–H groups in total. The monoisotopic (exact) mass is 363 g/mol. The lowest BCUT2D eigenvalue weighted by molar-refractivity contribution is -0.136. The van der Waals surface area contributed by atoms with Crippen molar-refractivity contribution < 1.29 is 9.59 Å². The molecule has 2 rings (SSSR count). The van der Waals surface area contributed by atoms with Crippen molar-refractivity contribution in [2.45, 2.75) is 47.0 Å². The van der Waals surface area contributed by atoms with Crippen LogP contribution in [0.5, 0.6) is 0 Å². The summed E-state index contributed by atoms with van der Waals surface area (Å²) in [4.78, 5) is 28.2. The molecule has 0 saturated carbocycles. The molecule has 0 spiro atoms. The van der Waals surface area contributed by atoms with Gasteiger partial charge >= 0.3 is 6.03 Å². The number of piperidine rings is 1. The Labute approximate surface area is 156 Å². The van der Waals surface area contributed by atoms with E-state index < -0.39 is 0 Å². The minimum atomic E-state index is -0.0592. The first kappa shape index (κ1) is 20.3. The van der Waals surface area contributed by atoms with Crippen LogP contribution in [0.15, 0.2) is 0 Å². The molecule has 146 valence electrons. The Balaban J connectivity index is 1.76. The van der Waals surface area contributed by atoms with Crippen LogP contribution < -0.4 is 5.32 Å². The maximum atomic E-state index is 12.3. The molecular weight excluding hydrogens is 330 g/mol. The van der Waals surface area contributed by atoms with E-state index in [-0.39, 0.29) is 17.9 Å². The van der Waals surface area contributed by atoms with E-state index in [0.717, 1.165) is 43.7 Å². The van der Waals surface area contributed by atoms with Gasteiger partial charge in [0.1, 0.15) is 0 Å². The highest BCUT2D eigenvalue weighted by atomic mass is 16.2. The lowest BCUT2D eigenvalue weighted by atomic mass is 9.97. The number of nitrogens with zero attached hydrogens (tertiary/aromatic N) is 3. The number of likely N-dealkylation sites (tertiary alicyclic amines) is 1. The van der Waals surface area contributed by atoms with Gasteiger partial charge in [0.2, 0.25) is 5.91 Å². The minimum Gasteiger partial charge on any atom is -0.342 e. The Kier molecular flexibility index (Phi) is 7.06. The average Bonchev–Trinajstić information content (AvgIpc) is 2.95. The van der Waals surface area contributed by atoms with Gasteiger partial charge < -0.3 is 15.1 Å². The van der Waals surface area contributed by atoms with Gasteiger partial charge in [-0.25, -0.2) is 4.79 Å². The average molecular weight is 364 g/mol. The van der Waals surface area contributed by atoms with Crippen LogP contribution in [0.3, 0.4) is 0 Å². The molecule has 0 bridgehead atoms. The van der Waals surface area contributed by atoms with Crippen LogP contribution in [0.1, 0.15) is 43.6 Å². The molecule has 1 aliphatic rings. The van der Waals surface area contributed by atoms with Crippen LogP contribution in [0.2, 0.25) is 0 Å². The summed E-state index contributed by atoms with van der Waals surface area (Å²) in [6.07, 6.45) is 2.85. The summed E-state index contributed by atoms with van der Waals surface area (Å²) in [5, 5.41) is 10.2. The Morgan fingerprint density at radius 3 is 2.73 bits per heavy atom. The molecule has 26 heavy (non-hydrogen) atoms. The molecule has 1 saturated heterocycles. The first-order valence-electron chi connectivity index (χ1n) is 9.57. The first-order chi connectivity index (χ1) is 12.3. The molecule has 3 amide bonds. The van der Waals surface area contributed by atoms with Crippen molar-refractivity contribution in [2.24, 2.45) is 11.8 Å². The summed E-state index contributed by atoms with van der Waals surface area (Å²) in [5.74, 6) is 0.579. The number of aromatic nitrogens is 2. The lowest BCUT2D eigenvalue weighted by Gasteiger charge is -2.34. The number of aromatic amines is 1. The topological polar surface area (TPSA) is 81.3 Å². The zero-order valence-corrected chi connectivity index (χ0v) is 16.8. The standard InChI is InChI=1S/C19H33N5O2/c1-13(2)18(25)24-9-6-7-16(12-24)11-20-19(26)23(5)10-8-17-14(3)21-22-15(17)4/h13,16H,6-12H2,1-5H3,(H,20,26)(H,21,22). The maximum Gasteiger partial charge on any atom is 0.317 e. The molecule has 0 aromatic carbocycles. The molecule has 7 nitrogen and oxygen atoms in total. The Morgan fingerprint density at radius 1 is 1.38 bits per heavy atom. The number of rotatable bonds is 6. The van der Waals surface area contributed by atoms with Gasteiger partial charge in [-0.3, -0.25) is 9.89 Å². The number of carbonyl (C=O) groups excluding carboxylic acids is 2. The first-order valence-corrected chi connectivity index (χ1v) is 9.57. The molecule has 1 aromatic rings. The smallest absolute Gasteiger partial charge is 0.317 e. The van der Waals surface area contributed by atoms with Gasteiger partial charge in [0.25, 0.3) is 0 Å². The zero-order chi connectivity index (χ0) is 19.3. The van der Waals surface area contributed by atoms with Crippen molar-refractivity contribution in [3.8, 4) is 0 Å². The van der Waals surface area contributed by atoms with Crippen molar-refractivity contribution in [1.82, 2.24) is 25.3 Å². The van der Waals surface area contributed by atoms with E-state index in [9.17, 15) is 9.59 Å². The highest BCUT2D eigenvalue weighted by Crippen LogP contribution is 2.18. The number of aryl methyl sites for hydroxylation is 2. The molecule has 0 radical (unpaired) electrons. The van der Waals surface area contributed by atoms with Crippen molar-refractivity contribution >= 4 is 11.9 Å². The SMILES string of the molecule is Cc1n[nH]c(C)c1CCN(C)C(=O)NCC1CCCN(C(=O)C(C)C)C1. The Morgan fingerprint density at radius 2 is 2.12 bits per heavy atom. The summed E-state index contributed by atoms with van der Waals surface area (Å²) in [6.45, 7) is 10.7. The second kappa shape index (κ2) is 9.05. The van der Waals surface area contributed by atoms with E-state index in [1.807, 2.05) is 39.6 Å². The Hall–Kier alpha value is -2.05. The molecule has 1 fully saturated rings. The number of hydrogen-bond acceptors (Lipinski definition) is 3. The van der Waals surface area contributed by atoms with Crippen LogP contribution in [-0.2, 0) is 11.2 Å². The number of urea groups is 1. The van der Waals surface area contributed by atoms with Gasteiger partial charge in [-0.15, -0.1) is 0 Å². The van der Waals surface area contributed by atoms with Gasteiger partial charge in [-0.2, -0.15) is 5.10 Å². The van der Waals surface area contributed by atoms with Crippen LogP contribution in [0.4, 0.5) is 4.79 Å². The van der Waals surface area contributed by atoms with E-state index in [2.05, 4.69) is 15.5 Å². The molecule has 1 aliphatic heterocycles. The van der Waals surface area contributed by atoms with Crippen molar-refractivity contribution in [1.29, 1.82) is 0 Å². The van der Waals surface area contributed by atoms with Gasteiger partial charge in [0, 0.05) is 44.8 Å². The number of nitrogens with one attached hydrogen (secondary N) is 2. The fourth-order valence-electron chi connectivity index (χ4n) is 3.49. The Bertz CT molecular complexity index is 606. The second-order valence-corrected chi connectivity index (χ2v) is 7.72. The number of carbonyl (C=O) groups is 2. The zero-order valence-electron chi connectivity index (χ0n) is 16.8. The number of H-pyrrole nitrogens is 1. The number of hydrogen-bond donors (Lipinski definition) is 2. The molecule has 1 aromatic heterocycles. The van der Waals surface area contributed by atoms with E-state index in [1.165, 1.54) is 5.56 Å². The van der Waals surface area contributed by atoms with Crippen LogP contribution in [0, 0.1) is 25.7 Å². The largest absolute Gasteiger partial charge is 0.342 e. The lowest BCUT2D eigenvalue weighted by Crippen LogP contribution is -2.47. The fourth-order valence-corrected chi connectivity index (χ4v) is 3.49. The highest BCUT2D eigenvalue weighted by Gasteiger charge is 2.25. The molecule has 2 heterocycles. The van der Waals surface area contributed by atoms with Crippen molar-refractivity contribution in [3.05, 3.63) is 17.0 Å². The second-order valence-electron chi connectivity index (χ2n) is 7.72. The highest BCUT2D eigenvalue weighted by molar-refractivity contribution is 5.78. The third kappa shape index (κ3) is 5.22. The molecule has 1 atom stereocenters. The van der Waals surface area contributed by atoms with Gasteiger partial charge in [-0.1, -0.05) is 13.8 Å². The van der Waals surface area contributed by atoms with Gasteiger partial charge in [-0.05, 0) is 44.6 Å². The van der Waals surface area contributed by atoms with Crippen LogP contribution >= 0.6 is 0 Å². The molecule has 0 aliphatic carbocycles. The van der Waals surface area contributed by atoms with E-state index in [1.54, 1.807) is 4.90 Å². The number of likely N-dealkylation sites (N-methyl/N-ethyl adjacent to an activating group) is 1. The third-order valence-corrected chi connectivity index (χ3v) is 5.19. The number of amides is 3.